The molecule has 0 bridgehead atoms. The van der Waals surface area contributed by atoms with Gasteiger partial charge in [0.25, 0.3) is 0 Å². The van der Waals surface area contributed by atoms with E-state index in [-0.39, 0.29) is 6.10 Å². The van der Waals surface area contributed by atoms with E-state index in [4.69, 9.17) is 4.74 Å². The predicted octanol–water partition coefficient (Wildman–Crippen LogP) is 1.88. The van der Waals surface area contributed by atoms with Crippen LogP contribution in [0.5, 0.6) is 5.88 Å². The van der Waals surface area contributed by atoms with Gasteiger partial charge in [-0.15, -0.1) is 0 Å². The Hall–Kier alpha value is -1.94. The van der Waals surface area contributed by atoms with Crippen LogP contribution in [0.15, 0.2) is 42.9 Å². The minimum absolute atomic E-state index is 0.218. The van der Waals surface area contributed by atoms with Crippen molar-refractivity contribution in [3.63, 3.8) is 0 Å². The quantitative estimate of drug-likeness (QED) is 0.891. The number of hydrogen-bond acceptors (Lipinski definition) is 4. The largest absolute Gasteiger partial charge is 0.473 e. The van der Waals surface area contributed by atoms with Gasteiger partial charge in [0.15, 0.2) is 0 Å². The topological polar surface area (TPSA) is 47.0 Å². The van der Waals surface area contributed by atoms with Gasteiger partial charge in [0.05, 0.1) is 0 Å². The number of hydrogen-bond donors (Lipinski definition) is 1. The molecule has 3 heterocycles. The van der Waals surface area contributed by atoms with Crippen LogP contribution in [-0.4, -0.2) is 29.2 Å². The second-order valence-electron chi connectivity index (χ2n) is 4.33. The van der Waals surface area contributed by atoms with Crippen molar-refractivity contribution in [1.29, 1.82) is 0 Å². The van der Waals surface area contributed by atoms with E-state index in [9.17, 15) is 0 Å². The molecule has 0 spiro atoms. The molecule has 18 heavy (non-hydrogen) atoms. The molecular weight excluding hydrogens is 226 g/mol. The van der Waals surface area contributed by atoms with Gasteiger partial charge in [-0.3, -0.25) is 4.98 Å². The highest BCUT2D eigenvalue weighted by atomic mass is 16.5. The van der Waals surface area contributed by atoms with Crippen molar-refractivity contribution in [2.24, 2.45) is 0 Å². The molecule has 3 rings (SSSR count). The van der Waals surface area contributed by atoms with Crippen LogP contribution in [0, 0.1) is 0 Å². The fraction of sp³-hybridized carbons (Fsp3) is 0.286. The van der Waals surface area contributed by atoms with Gasteiger partial charge in [0.1, 0.15) is 6.10 Å². The molecule has 1 unspecified atom stereocenters. The maximum atomic E-state index is 5.96. The highest BCUT2D eigenvalue weighted by Gasteiger charge is 2.18. The molecule has 2 aromatic rings. The summed E-state index contributed by atoms with van der Waals surface area (Å²) < 4.78 is 5.96. The molecule has 4 heteroatoms. The van der Waals surface area contributed by atoms with Gasteiger partial charge in [0.2, 0.25) is 5.88 Å². The fourth-order valence-corrected chi connectivity index (χ4v) is 2.11. The molecule has 1 atom stereocenters. The molecule has 0 aliphatic carbocycles. The average molecular weight is 241 g/mol. The number of aromatic nitrogens is 2. The van der Waals surface area contributed by atoms with E-state index in [1.807, 2.05) is 30.5 Å². The van der Waals surface area contributed by atoms with Crippen LogP contribution < -0.4 is 10.1 Å². The normalized spacial score (nSPS) is 18.8. The molecule has 0 radical (unpaired) electrons. The lowest BCUT2D eigenvalue weighted by Gasteiger charge is -2.14. The van der Waals surface area contributed by atoms with Gasteiger partial charge in [-0.2, -0.15) is 0 Å². The van der Waals surface area contributed by atoms with Gasteiger partial charge in [-0.1, -0.05) is 6.07 Å². The summed E-state index contributed by atoms with van der Waals surface area (Å²) in [6.07, 6.45) is 6.61. The summed E-state index contributed by atoms with van der Waals surface area (Å²) in [5, 5.41) is 3.29. The number of nitrogens with zero attached hydrogens (tertiary/aromatic N) is 2. The van der Waals surface area contributed by atoms with E-state index >= 15 is 0 Å². The van der Waals surface area contributed by atoms with Crippen molar-refractivity contribution in [2.45, 2.75) is 12.5 Å². The highest BCUT2D eigenvalue weighted by Crippen LogP contribution is 2.28. The van der Waals surface area contributed by atoms with Crippen LogP contribution in [0.3, 0.4) is 0 Å². The molecule has 1 saturated heterocycles. The first kappa shape index (κ1) is 11.2. The second kappa shape index (κ2) is 5.14. The Bertz CT molecular complexity index is 509. The van der Waals surface area contributed by atoms with Crippen LogP contribution in [0.4, 0.5) is 0 Å². The standard InChI is InChI=1S/C14H15N3O/c1-3-11(9-15-6-1)13-4-2-7-17-14(13)18-12-5-8-16-10-12/h1-4,6-7,9,12,16H,5,8,10H2. The first-order valence-electron chi connectivity index (χ1n) is 6.16. The molecule has 92 valence electrons. The maximum absolute atomic E-state index is 5.96. The lowest BCUT2D eigenvalue weighted by atomic mass is 10.1. The number of pyridine rings is 2. The number of nitrogens with one attached hydrogen (secondary N) is 1. The van der Waals surface area contributed by atoms with Crippen LogP contribution in [0.1, 0.15) is 6.42 Å². The Labute approximate surface area is 106 Å². The molecule has 1 aliphatic rings. The minimum Gasteiger partial charge on any atom is -0.473 e. The number of rotatable bonds is 3. The third-order valence-corrected chi connectivity index (χ3v) is 3.04. The van der Waals surface area contributed by atoms with Crippen molar-refractivity contribution < 1.29 is 4.74 Å². The van der Waals surface area contributed by atoms with E-state index in [2.05, 4.69) is 15.3 Å². The summed E-state index contributed by atoms with van der Waals surface area (Å²) >= 11 is 0. The SMILES string of the molecule is c1cncc(-c2cccnc2OC2CCNC2)c1. The van der Waals surface area contributed by atoms with Gasteiger partial charge in [-0.25, -0.2) is 4.98 Å². The molecule has 4 nitrogen and oxygen atoms in total. The first-order valence-corrected chi connectivity index (χ1v) is 6.16. The van der Waals surface area contributed by atoms with Crippen LogP contribution in [-0.2, 0) is 0 Å². The summed E-state index contributed by atoms with van der Waals surface area (Å²) in [4.78, 5) is 8.48. The van der Waals surface area contributed by atoms with Crippen LogP contribution in [0.2, 0.25) is 0 Å². The van der Waals surface area contributed by atoms with Crippen molar-refractivity contribution in [3.8, 4) is 17.0 Å². The Balaban J connectivity index is 1.90. The molecule has 1 N–H and O–H groups in total. The Morgan fingerprint density at radius 1 is 1.22 bits per heavy atom. The van der Waals surface area contributed by atoms with Crippen molar-refractivity contribution in [1.82, 2.24) is 15.3 Å². The predicted molar refractivity (Wildman–Crippen MR) is 69.4 cm³/mol. The van der Waals surface area contributed by atoms with Crippen molar-refractivity contribution in [3.05, 3.63) is 42.9 Å². The Kier molecular flexibility index (Phi) is 3.19. The third kappa shape index (κ3) is 2.33. The van der Waals surface area contributed by atoms with E-state index in [0.29, 0.717) is 5.88 Å². The van der Waals surface area contributed by atoms with E-state index in [1.165, 1.54) is 0 Å². The number of ether oxygens (including phenoxy) is 1. The van der Waals surface area contributed by atoms with Crippen molar-refractivity contribution in [2.75, 3.05) is 13.1 Å². The lowest BCUT2D eigenvalue weighted by Crippen LogP contribution is -2.20. The van der Waals surface area contributed by atoms with Gasteiger partial charge in [0, 0.05) is 36.3 Å². The zero-order chi connectivity index (χ0) is 12.2. The second-order valence-corrected chi connectivity index (χ2v) is 4.33. The third-order valence-electron chi connectivity index (χ3n) is 3.04. The average Bonchev–Trinajstić information content (AvgIpc) is 2.93. The molecule has 2 aromatic heterocycles. The molecule has 0 aromatic carbocycles. The summed E-state index contributed by atoms with van der Waals surface area (Å²) in [5.41, 5.74) is 2.03. The summed E-state index contributed by atoms with van der Waals surface area (Å²) in [5.74, 6) is 0.694. The van der Waals surface area contributed by atoms with Crippen LogP contribution in [0.25, 0.3) is 11.1 Å². The summed E-state index contributed by atoms with van der Waals surface area (Å²) in [6, 6.07) is 7.87. The van der Waals surface area contributed by atoms with Crippen LogP contribution >= 0.6 is 0 Å². The minimum atomic E-state index is 0.218. The lowest BCUT2D eigenvalue weighted by molar-refractivity contribution is 0.215. The maximum Gasteiger partial charge on any atom is 0.221 e. The summed E-state index contributed by atoms with van der Waals surface area (Å²) in [6.45, 7) is 1.91. The monoisotopic (exact) mass is 241 g/mol. The molecular formula is C14H15N3O. The molecule has 1 fully saturated rings. The fourth-order valence-electron chi connectivity index (χ4n) is 2.11. The van der Waals surface area contributed by atoms with E-state index < -0.39 is 0 Å². The van der Waals surface area contributed by atoms with Gasteiger partial charge < -0.3 is 10.1 Å². The smallest absolute Gasteiger partial charge is 0.221 e. The van der Waals surface area contributed by atoms with Gasteiger partial charge >= 0.3 is 0 Å². The zero-order valence-electron chi connectivity index (χ0n) is 10.0. The van der Waals surface area contributed by atoms with E-state index in [1.54, 1.807) is 12.4 Å². The first-order chi connectivity index (χ1) is 8.93. The Morgan fingerprint density at radius 2 is 2.17 bits per heavy atom. The van der Waals surface area contributed by atoms with Crippen molar-refractivity contribution >= 4 is 0 Å². The zero-order valence-corrected chi connectivity index (χ0v) is 10.0. The molecule has 0 saturated carbocycles. The molecule has 1 aliphatic heterocycles. The van der Waals surface area contributed by atoms with Gasteiger partial charge in [-0.05, 0) is 31.2 Å². The highest BCUT2D eigenvalue weighted by molar-refractivity contribution is 5.67. The molecule has 0 amide bonds. The van der Waals surface area contributed by atoms with E-state index in [0.717, 1.165) is 30.6 Å². The Morgan fingerprint density at radius 3 is 2.94 bits per heavy atom. The summed E-state index contributed by atoms with van der Waals surface area (Å²) in [7, 11) is 0.